The quantitative estimate of drug-likeness (QED) is 0.771. The predicted molar refractivity (Wildman–Crippen MR) is 89.3 cm³/mol. The second-order valence-electron chi connectivity index (χ2n) is 5.03. The Balaban J connectivity index is 1.97. The van der Waals surface area contributed by atoms with E-state index in [2.05, 4.69) is 20.7 Å². The van der Waals surface area contributed by atoms with Crippen LogP contribution in [-0.4, -0.2) is 32.7 Å². The Kier molecular flexibility index (Phi) is 4.56. The molecule has 0 spiro atoms. The van der Waals surface area contributed by atoms with E-state index in [0.29, 0.717) is 29.2 Å². The maximum Gasteiger partial charge on any atom is 0.338 e. The Bertz CT molecular complexity index is 963. The molecule has 0 fully saturated rings. The lowest BCUT2D eigenvalue weighted by atomic mass is 10.2. The maximum absolute atomic E-state index is 13.5. The first-order chi connectivity index (χ1) is 11.8. The molecule has 0 unspecified atom stereocenters. The van der Waals surface area contributed by atoms with Crippen molar-refractivity contribution >= 4 is 37.6 Å². The first-order valence-electron chi connectivity index (χ1n) is 6.93. The van der Waals surface area contributed by atoms with Gasteiger partial charge in [-0.05, 0) is 34.1 Å². The van der Waals surface area contributed by atoms with Crippen molar-refractivity contribution in [1.82, 2.24) is 0 Å². The molecular formula is C15H11BrFNO6S. The number of carboxylic acids is 1. The number of carboxylic acid groups (broad SMARTS) is 1. The molecule has 0 radical (unpaired) electrons. The van der Waals surface area contributed by atoms with Crippen molar-refractivity contribution in [2.75, 3.05) is 17.9 Å². The summed E-state index contributed by atoms with van der Waals surface area (Å²) >= 11 is 3.23. The molecule has 0 amide bonds. The molecule has 3 rings (SSSR count). The van der Waals surface area contributed by atoms with Gasteiger partial charge in [-0.3, -0.25) is 4.72 Å². The highest BCUT2D eigenvalue weighted by atomic mass is 79.9. The third kappa shape index (κ3) is 3.54. The smallest absolute Gasteiger partial charge is 0.338 e. The van der Waals surface area contributed by atoms with Crippen LogP contribution in [-0.2, 0) is 10.0 Å². The van der Waals surface area contributed by atoms with E-state index in [4.69, 9.17) is 14.6 Å². The standard InChI is InChI=1S/C15H11BrFNO6S/c16-10-6-13-14(24-4-3-23-13)7-12(10)18-25(21,22)8-1-2-11(17)9(5-8)15(19)20/h1-2,5-7,18H,3-4H2,(H,19,20). The third-order valence-electron chi connectivity index (χ3n) is 3.35. The molecule has 1 aliphatic heterocycles. The molecule has 0 aliphatic carbocycles. The van der Waals surface area contributed by atoms with Crippen molar-refractivity contribution in [3.63, 3.8) is 0 Å². The summed E-state index contributed by atoms with van der Waals surface area (Å²) < 4.78 is 51.9. The molecule has 1 heterocycles. The van der Waals surface area contributed by atoms with Crippen molar-refractivity contribution in [2.45, 2.75) is 4.90 Å². The average molecular weight is 432 g/mol. The Hall–Kier alpha value is -2.33. The SMILES string of the molecule is O=C(O)c1cc(S(=O)(=O)Nc2cc3c(cc2Br)OCCO3)ccc1F. The van der Waals surface area contributed by atoms with Gasteiger partial charge in [0.15, 0.2) is 11.5 Å². The van der Waals surface area contributed by atoms with E-state index >= 15 is 0 Å². The number of hydrogen-bond acceptors (Lipinski definition) is 5. The van der Waals surface area contributed by atoms with Gasteiger partial charge in [-0.2, -0.15) is 0 Å². The molecule has 2 aromatic rings. The zero-order valence-corrected chi connectivity index (χ0v) is 14.9. The van der Waals surface area contributed by atoms with Crippen molar-refractivity contribution < 1.29 is 32.2 Å². The van der Waals surface area contributed by atoms with Gasteiger partial charge in [0.2, 0.25) is 0 Å². The molecule has 25 heavy (non-hydrogen) atoms. The van der Waals surface area contributed by atoms with Gasteiger partial charge in [0, 0.05) is 16.6 Å². The predicted octanol–water partition coefficient (Wildman–Crippen LogP) is 2.86. The Labute approximate surface area is 150 Å². The number of carbonyl (C=O) groups is 1. The van der Waals surface area contributed by atoms with Gasteiger partial charge in [0.05, 0.1) is 16.1 Å². The van der Waals surface area contributed by atoms with E-state index in [1.54, 1.807) is 6.07 Å². The summed E-state index contributed by atoms with van der Waals surface area (Å²) in [6.45, 7) is 0.721. The molecule has 0 atom stereocenters. The normalized spacial score (nSPS) is 13.4. The molecule has 0 saturated carbocycles. The number of fused-ring (bicyclic) bond motifs is 1. The van der Waals surface area contributed by atoms with E-state index in [9.17, 15) is 17.6 Å². The highest BCUT2D eigenvalue weighted by Gasteiger charge is 2.22. The third-order valence-corrected chi connectivity index (χ3v) is 5.37. The summed E-state index contributed by atoms with van der Waals surface area (Å²) in [6, 6.07) is 5.52. The number of benzene rings is 2. The zero-order valence-electron chi connectivity index (χ0n) is 12.5. The van der Waals surface area contributed by atoms with Crippen LogP contribution < -0.4 is 14.2 Å². The van der Waals surface area contributed by atoms with Crippen molar-refractivity contribution in [2.24, 2.45) is 0 Å². The van der Waals surface area contributed by atoms with Crippen LogP contribution in [0.1, 0.15) is 10.4 Å². The lowest BCUT2D eigenvalue weighted by Crippen LogP contribution is -2.17. The molecule has 2 N–H and O–H groups in total. The average Bonchev–Trinajstić information content (AvgIpc) is 2.55. The molecule has 7 nitrogen and oxygen atoms in total. The van der Waals surface area contributed by atoms with Gasteiger partial charge in [0.25, 0.3) is 10.0 Å². The second-order valence-corrected chi connectivity index (χ2v) is 7.56. The largest absolute Gasteiger partial charge is 0.486 e. The van der Waals surface area contributed by atoms with Gasteiger partial charge < -0.3 is 14.6 Å². The fraction of sp³-hybridized carbons (Fsp3) is 0.133. The molecular weight excluding hydrogens is 421 g/mol. The maximum atomic E-state index is 13.5. The summed E-state index contributed by atoms with van der Waals surface area (Å²) in [5, 5.41) is 8.93. The van der Waals surface area contributed by atoms with Crippen LogP contribution in [0.5, 0.6) is 11.5 Å². The summed E-state index contributed by atoms with van der Waals surface area (Å²) in [4.78, 5) is 10.6. The lowest BCUT2D eigenvalue weighted by molar-refractivity contribution is 0.0691. The summed E-state index contributed by atoms with van der Waals surface area (Å²) in [5.74, 6) is -1.74. The molecule has 1 aliphatic rings. The first-order valence-corrected chi connectivity index (χ1v) is 9.20. The number of nitrogens with one attached hydrogen (secondary N) is 1. The van der Waals surface area contributed by atoms with Crippen molar-refractivity contribution in [3.05, 3.63) is 46.2 Å². The van der Waals surface area contributed by atoms with Gasteiger partial charge in [0.1, 0.15) is 19.0 Å². The Morgan fingerprint density at radius 3 is 2.44 bits per heavy atom. The van der Waals surface area contributed by atoms with E-state index < -0.39 is 27.4 Å². The highest BCUT2D eigenvalue weighted by Crippen LogP contribution is 2.38. The van der Waals surface area contributed by atoms with Crippen LogP contribution in [0, 0.1) is 5.82 Å². The number of rotatable bonds is 4. The highest BCUT2D eigenvalue weighted by molar-refractivity contribution is 9.10. The topological polar surface area (TPSA) is 102 Å². The van der Waals surface area contributed by atoms with Crippen molar-refractivity contribution in [3.8, 4) is 11.5 Å². The van der Waals surface area contributed by atoms with Gasteiger partial charge in [-0.1, -0.05) is 0 Å². The van der Waals surface area contributed by atoms with E-state index in [1.165, 1.54) is 6.07 Å². The summed E-state index contributed by atoms with van der Waals surface area (Å²) in [5.41, 5.74) is -0.561. The van der Waals surface area contributed by atoms with Crippen LogP contribution in [0.2, 0.25) is 0 Å². The number of anilines is 1. The minimum Gasteiger partial charge on any atom is -0.486 e. The molecule has 132 valence electrons. The second kappa shape index (κ2) is 6.52. The van der Waals surface area contributed by atoms with Crippen molar-refractivity contribution in [1.29, 1.82) is 0 Å². The minimum absolute atomic E-state index is 0.172. The number of hydrogen-bond donors (Lipinski definition) is 2. The molecule has 0 bridgehead atoms. The van der Waals surface area contributed by atoms with Gasteiger partial charge in [-0.25, -0.2) is 17.6 Å². The van der Waals surface area contributed by atoms with Gasteiger partial charge >= 0.3 is 5.97 Å². The van der Waals surface area contributed by atoms with Crippen LogP contribution >= 0.6 is 15.9 Å². The van der Waals surface area contributed by atoms with E-state index in [0.717, 1.165) is 18.2 Å². The van der Waals surface area contributed by atoms with Crippen LogP contribution in [0.4, 0.5) is 10.1 Å². The Morgan fingerprint density at radius 1 is 1.16 bits per heavy atom. The fourth-order valence-electron chi connectivity index (χ4n) is 2.18. The summed E-state index contributed by atoms with van der Waals surface area (Å²) in [6.07, 6.45) is 0. The number of halogens is 2. The lowest BCUT2D eigenvalue weighted by Gasteiger charge is -2.20. The fourth-order valence-corrected chi connectivity index (χ4v) is 3.83. The zero-order chi connectivity index (χ0) is 18.2. The van der Waals surface area contributed by atoms with Crippen LogP contribution in [0.15, 0.2) is 39.7 Å². The molecule has 2 aromatic carbocycles. The number of sulfonamides is 1. The number of ether oxygens (including phenoxy) is 2. The van der Waals surface area contributed by atoms with E-state index in [1.807, 2.05) is 0 Å². The summed E-state index contributed by atoms with van der Waals surface area (Å²) in [7, 11) is -4.14. The monoisotopic (exact) mass is 431 g/mol. The minimum atomic E-state index is -4.14. The van der Waals surface area contributed by atoms with Crippen LogP contribution in [0.3, 0.4) is 0 Å². The molecule has 0 saturated heterocycles. The van der Waals surface area contributed by atoms with E-state index in [-0.39, 0.29) is 10.6 Å². The first kappa shape index (κ1) is 17.5. The molecule has 0 aromatic heterocycles. The number of aromatic carboxylic acids is 1. The Morgan fingerprint density at radius 2 is 1.80 bits per heavy atom. The molecule has 10 heteroatoms. The van der Waals surface area contributed by atoms with Gasteiger partial charge in [-0.15, -0.1) is 0 Å². The van der Waals surface area contributed by atoms with Crippen LogP contribution in [0.25, 0.3) is 0 Å².